The average molecular weight is 1310 g/mol. The maximum atomic E-state index is 10.5. The Kier molecular flexibility index (Phi) is 56.9. The van der Waals surface area contributed by atoms with Crippen molar-refractivity contribution in [2.24, 2.45) is 11.8 Å². The van der Waals surface area contributed by atoms with Gasteiger partial charge in [0.05, 0.1) is 44.0 Å². The van der Waals surface area contributed by atoms with E-state index in [0.717, 1.165) is 84.4 Å². The van der Waals surface area contributed by atoms with Crippen LogP contribution in [0.1, 0.15) is 208 Å². The van der Waals surface area contributed by atoms with Crippen LogP contribution in [-0.4, -0.2) is 281 Å². The van der Waals surface area contributed by atoms with E-state index >= 15 is 0 Å². The Morgan fingerprint density at radius 2 is 0.648 bits per heavy atom. The van der Waals surface area contributed by atoms with Crippen LogP contribution in [-0.2, 0) is 47.6 Å². The predicted octanol–water partition coefficient (Wildman–Crippen LogP) is 11.1. The van der Waals surface area contributed by atoms with Crippen molar-refractivity contribution in [1.82, 2.24) is 39.6 Å². The predicted molar refractivity (Wildman–Crippen MR) is 380 cm³/mol. The second kappa shape index (κ2) is 59.4. The minimum absolute atomic E-state index is 0.00463. The average Bonchev–Trinajstić information content (AvgIpc) is 4.29. The normalized spacial score (nSPS) is 26.9. The van der Waals surface area contributed by atoms with Crippen molar-refractivity contribution < 1.29 is 47.6 Å². The van der Waals surface area contributed by atoms with Crippen LogP contribution in [0.3, 0.4) is 0 Å². The van der Waals surface area contributed by atoms with Gasteiger partial charge in [0, 0.05) is 104 Å². The minimum Gasteiger partial charge on any atom is -0.381 e. The zero-order valence-corrected chi connectivity index (χ0v) is 62.1. The van der Waals surface area contributed by atoms with Gasteiger partial charge < -0.3 is 63.1 Å². The van der Waals surface area contributed by atoms with Crippen LogP contribution in [0.5, 0.6) is 0 Å². The molecule has 1 N–H and O–H groups in total. The SMILES string of the molecule is CC1CCCCO1.CC1CCCCO1.CC1CCCO1.CC1CCOCC1.CC1CCOCC1.CC1NC(=O)CC1=O.CN1C(=O)CCC1=O.CN1CCCC1.CN1CCCCC1.CN1CCCCC1.CN1CCCCC1.CN1CCOCC1.CN1CCSCC1. The number of piperidine rings is 3. The van der Waals surface area contributed by atoms with Crippen molar-refractivity contribution in [1.29, 1.82) is 0 Å². The van der Waals surface area contributed by atoms with Crippen LogP contribution in [0.4, 0.5) is 0 Å². The first-order valence-corrected chi connectivity index (χ1v) is 37.8. The molecule has 13 saturated heterocycles. The molecule has 0 aliphatic carbocycles. The number of carbonyl (C=O) groups is 4. The Balaban J connectivity index is 0.000000493. The summed E-state index contributed by atoms with van der Waals surface area (Å²) >= 11 is 2.06. The molecule has 4 unspecified atom stereocenters. The van der Waals surface area contributed by atoms with Gasteiger partial charge in [-0.15, -0.1) is 0 Å². The third-order valence-corrected chi connectivity index (χ3v) is 19.0. The number of morpholine rings is 1. The number of likely N-dealkylation sites (N-methyl/N-ethyl adjacent to an activating group) is 1. The number of hydrogen-bond acceptors (Lipinski definition) is 17. The smallest absolute Gasteiger partial charge is 0.229 e. The molecular weight excluding hydrogens is 1170 g/mol. The van der Waals surface area contributed by atoms with Crippen LogP contribution < -0.4 is 5.32 Å². The second-order valence-corrected chi connectivity index (χ2v) is 28.7. The highest BCUT2D eigenvalue weighted by Crippen LogP contribution is 2.15. The van der Waals surface area contributed by atoms with Crippen LogP contribution >= 0.6 is 11.8 Å². The maximum Gasteiger partial charge on any atom is 0.229 e. The third-order valence-electron chi connectivity index (χ3n) is 18.0. The summed E-state index contributed by atoms with van der Waals surface area (Å²) in [4.78, 5) is 57.2. The number of Topliss-reactive ketones (excluding diaryl/α,β-unsaturated/α-hetero) is 1. The standard InChI is InChI=1S/3C6H13N.4C6H12O.2C5H7NO2.C5H11NO.C5H11NS.C5H11N.C5H10O/c3*1-7-5-3-2-4-6-7;2*1-6-2-4-7-5-3-6;2*1-6-4-2-3-5-7-6;1-6-4(7)2-3-5(6)8;1-3-4(7)2-5(8)6-3;2*1-6-2-4-7-5-3-6;1-6-4-2-3-5-6;1-5-3-2-4-6-5/h3*2-6H2,1H3;4*6H,2-5H2,1H3;2-3H2,1H3;3H,2H2,1H3,(H,6,8);2*2-5H2,1H3;2-5H2,1H3;5H,2-4H2,1H3. The number of ether oxygens (including phenoxy) is 6. The molecule has 0 bridgehead atoms. The van der Waals surface area contributed by atoms with Gasteiger partial charge in [-0.05, 0) is 263 Å². The van der Waals surface area contributed by atoms with E-state index in [0.29, 0.717) is 31.2 Å². The number of ketones is 1. The van der Waals surface area contributed by atoms with Crippen LogP contribution in [0.25, 0.3) is 0 Å². The number of hydrogen-bond donors (Lipinski definition) is 1. The van der Waals surface area contributed by atoms with Gasteiger partial charge in [0.25, 0.3) is 0 Å². The molecule has 0 radical (unpaired) electrons. The Bertz CT molecular complexity index is 1410. The van der Waals surface area contributed by atoms with Crippen molar-refractivity contribution in [2.75, 3.05) is 199 Å². The summed E-state index contributed by atoms with van der Waals surface area (Å²) in [5, 5.41) is 2.48. The van der Waals surface area contributed by atoms with Crippen molar-refractivity contribution >= 4 is 35.3 Å². The molecule has 19 heteroatoms. The van der Waals surface area contributed by atoms with Gasteiger partial charge in [0.15, 0.2) is 5.78 Å². The van der Waals surface area contributed by atoms with Gasteiger partial charge in [0.2, 0.25) is 17.7 Å². The zero-order chi connectivity index (χ0) is 67.1. The number of amides is 3. The van der Waals surface area contributed by atoms with Gasteiger partial charge in [-0.1, -0.05) is 33.1 Å². The van der Waals surface area contributed by atoms with Crippen molar-refractivity contribution in [3.63, 3.8) is 0 Å². The molecule has 0 aromatic rings. The van der Waals surface area contributed by atoms with Gasteiger partial charge in [-0.3, -0.25) is 24.1 Å². The number of rotatable bonds is 0. The summed E-state index contributed by atoms with van der Waals surface area (Å²) in [6.07, 6.45) is 33.5. The molecule has 13 aliphatic rings. The molecule has 4 atom stereocenters. The molecule has 0 aromatic heterocycles. The quantitative estimate of drug-likeness (QED) is 0.180. The fourth-order valence-corrected chi connectivity index (χ4v) is 12.0. The van der Waals surface area contributed by atoms with Crippen molar-refractivity contribution in [3.8, 4) is 0 Å². The number of nitrogens with one attached hydrogen (secondary N) is 1. The van der Waals surface area contributed by atoms with Gasteiger partial charge in [0.1, 0.15) is 0 Å². The van der Waals surface area contributed by atoms with E-state index in [-0.39, 0.29) is 36.0 Å². The van der Waals surface area contributed by atoms with Crippen LogP contribution in [0.15, 0.2) is 0 Å². The molecule has 13 rings (SSSR count). The summed E-state index contributed by atoms with van der Waals surface area (Å²) in [6.45, 7) is 36.7. The van der Waals surface area contributed by atoms with Crippen LogP contribution in [0, 0.1) is 11.8 Å². The minimum atomic E-state index is -0.248. The van der Waals surface area contributed by atoms with E-state index in [1.807, 2.05) is 0 Å². The van der Waals surface area contributed by atoms with E-state index in [1.54, 1.807) is 6.92 Å². The number of likely N-dealkylation sites (tertiary alicyclic amines) is 5. The summed E-state index contributed by atoms with van der Waals surface area (Å²) in [5.41, 5.74) is 0. The van der Waals surface area contributed by atoms with Gasteiger partial charge in [-0.2, -0.15) is 11.8 Å². The van der Waals surface area contributed by atoms with Crippen molar-refractivity contribution in [2.45, 2.75) is 233 Å². The van der Waals surface area contributed by atoms with E-state index in [4.69, 9.17) is 28.4 Å². The molecular formula is C72H144N8O10S. The van der Waals surface area contributed by atoms with E-state index in [1.165, 1.54) is 237 Å². The molecule has 0 saturated carbocycles. The lowest BCUT2D eigenvalue weighted by Gasteiger charge is -2.21. The maximum absolute atomic E-state index is 10.5. The van der Waals surface area contributed by atoms with Gasteiger partial charge >= 0.3 is 0 Å². The first-order chi connectivity index (χ1) is 43.7. The highest BCUT2D eigenvalue weighted by Gasteiger charge is 2.26. The highest BCUT2D eigenvalue weighted by molar-refractivity contribution is 7.99. The summed E-state index contributed by atoms with van der Waals surface area (Å²) in [7, 11) is 14.6. The number of imide groups is 1. The molecule has 538 valence electrons. The van der Waals surface area contributed by atoms with Crippen LogP contribution in [0.2, 0.25) is 0 Å². The molecule has 0 aromatic carbocycles. The number of nitrogens with zero attached hydrogens (tertiary/aromatic N) is 7. The first kappa shape index (κ1) is 87.2. The Morgan fingerprint density at radius 3 is 0.791 bits per heavy atom. The molecule has 18 nitrogen and oxygen atoms in total. The fraction of sp³-hybridized carbons (Fsp3) is 0.944. The monoisotopic (exact) mass is 1310 g/mol. The Labute approximate surface area is 563 Å². The fourth-order valence-electron chi connectivity index (χ4n) is 10.9. The molecule has 3 amide bonds. The summed E-state index contributed by atoms with van der Waals surface area (Å²) in [6, 6.07) is -0.248. The zero-order valence-electron chi connectivity index (χ0n) is 61.2. The largest absolute Gasteiger partial charge is 0.381 e. The Morgan fingerprint density at radius 1 is 0.341 bits per heavy atom. The molecule has 0 spiro atoms. The topological polar surface area (TPSA) is 158 Å². The Hall–Kier alpha value is -1.85. The third kappa shape index (κ3) is 54.9. The first-order valence-electron chi connectivity index (χ1n) is 36.6. The molecule has 91 heavy (non-hydrogen) atoms. The van der Waals surface area contributed by atoms with Crippen molar-refractivity contribution in [3.05, 3.63) is 0 Å². The van der Waals surface area contributed by atoms with E-state index in [2.05, 4.69) is 123 Å². The highest BCUT2D eigenvalue weighted by atomic mass is 32.2. The second-order valence-electron chi connectivity index (χ2n) is 27.5. The molecule has 13 aliphatic heterocycles. The number of thioether (sulfide) groups is 1. The molecule has 13 heterocycles. The van der Waals surface area contributed by atoms with Gasteiger partial charge in [-0.25, -0.2) is 0 Å². The van der Waals surface area contributed by atoms with E-state index < -0.39 is 0 Å². The summed E-state index contributed by atoms with van der Waals surface area (Å²) < 4.78 is 31.1. The van der Waals surface area contributed by atoms with E-state index in [9.17, 15) is 19.2 Å². The summed E-state index contributed by atoms with van der Waals surface area (Å²) in [5.74, 6) is 4.21. The lowest BCUT2D eigenvalue weighted by Crippen LogP contribution is -2.32. The molecule has 13 fully saturated rings. The lowest BCUT2D eigenvalue weighted by atomic mass is 10.0. The number of carbonyl (C=O) groups excluding carboxylic acids is 4. The lowest BCUT2D eigenvalue weighted by molar-refractivity contribution is -0.136.